The average Bonchev–Trinajstić information content (AvgIpc) is 2.37. The summed E-state index contributed by atoms with van der Waals surface area (Å²) in [5.41, 5.74) is 6.21. The Kier molecular flexibility index (Phi) is 6.10. The number of aromatic nitrogens is 1. The van der Waals surface area contributed by atoms with E-state index in [0.29, 0.717) is 18.9 Å². The first-order chi connectivity index (χ1) is 8.71. The minimum Gasteiger partial charge on any atom is -0.395 e. The molecule has 0 aliphatic heterocycles. The molecule has 0 aliphatic rings. The number of carbonyl (C=O) groups is 1. The van der Waals surface area contributed by atoms with E-state index < -0.39 is 0 Å². The molecule has 0 unspecified atom stereocenters. The van der Waals surface area contributed by atoms with Crippen molar-refractivity contribution >= 4 is 17.4 Å². The van der Waals surface area contributed by atoms with Crippen molar-refractivity contribution in [3.05, 3.63) is 18.3 Å². The van der Waals surface area contributed by atoms with Gasteiger partial charge < -0.3 is 21.1 Å². The number of nitrogens with one attached hydrogen (secondary N) is 1. The van der Waals surface area contributed by atoms with E-state index >= 15 is 0 Å². The molecular formula is C12H20N4O2. The maximum atomic E-state index is 11.3. The lowest BCUT2D eigenvalue weighted by Gasteiger charge is -2.21. The van der Waals surface area contributed by atoms with Crippen LogP contribution in [0.15, 0.2) is 18.3 Å². The third kappa shape index (κ3) is 4.31. The van der Waals surface area contributed by atoms with Crippen LogP contribution in [0.1, 0.15) is 13.3 Å². The molecule has 0 radical (unpaired) electrons. The predicted molar refractivity (Wildman–Crippen MR) is 71.5 cm³/mol. The maximum Gasteiger partial charge on any atom is 0.226 e. The third-order valence-corrected chi connectivity index (χ3v) is 2.50. The number of rotatable bonds is 7. The number of hydrogen-bond donors (Lipinski definition) is 3. The summed E-state index contributed by atoms with van der Waals surface area (Å²) in [4.78, 5) is 17.5. The first-order valence-electron chi connectivity index (χ1n) is 6.03. The zero-order valence-corrected chi connectivity index (χ0v) is 10.6. The van der Waals surface area contributed by atoms with Crippen molar-refractivity contribution in [1.82, 2.24) is 4.98 Å². The predicted octanol–water partition coefficient (Wildman–Crippen LogP) is 0.187. The highest BCUT2D eigenvalue weighted by Crippen LogP contribution is 2.14. The number of carbonyl (C=O) groups excluding carboxylic acids is 1. The normalized spacial score (nSPS) is 10.2. The van der Waals surface area contributed by atoms with Gasteiger partial charge in [-0.3, -0.25) is 4.79 Å². The second-order valence-corrected chi connectivity index (χ2v) is 3.79. The van der Waals surface area contributed by atoms with Crippen molar-refractivity contribution in [2.75, 3.05) is 36.5 Å². The number of nitrogens with zero attached hydrogens (tertiary/aromatic N) is 2. The second-order valence-electron chi connectivity index (χ2n) is 3.79. The van der Waals surface area contributed by atoms with Gasteiger partial charge in [0.05, 0.1) is 18.5 Å². The van der Waals surface area contributed by atoms with Crippen molar-refractivity contribution in [2.45, 2.75) is 13.3 Å². The Bertz CT molecular complexity index is 367. The Labute approximate surface area is 107 Å². The molecule has 0 bridgehead atoms. The molecular weight excluding hydrogens is 232 g/mol. The SMILES string of the molecule is CCN(CCO)c1ccc(NC(=O)CCN)nc1. The molecule has 18 heavy (non-hydrogen) atoms. The summed E-state index contributed by atoms with van der Waals surface area (Å²) >= 11 is 0. The van der Waals surface area contributed by atoms with Crippen LogP contribution in [-0.2, 0) is 4.79 Å². The second kappa shape index (κ2) is 7.62. The molecule has 0 saturated heterocycles. The van der Waals surface area contributed by atoms with Crippen LogP contribution in [0.25, 0.3) is 0 Å². The highest BCUT2D eigenvalue weighted by atomic mass is 16.3. The van der Waals surface area contributed by atoms with E-state index in [0.717, 1.165) is 12.2 Å². The van der Waals surface area contributed by atoms with Gasteiger partial charge in [-0.1, -0.05) is 0 Å². The maximum absolute atomic E-state index is 11.3. The van der Waals surface area contributed by atoms with Gasteiger partial charge in [0, 0.05) is 26.1 Å². The monoisotopic (exact) mass is 252 g/mol. The Balaban J connectivity index is 2.64. The van der Waals surface area contributed by atoms with Gasteiger partial charge in [-0.05, 0) is 19.1 Å². The fourth-order valence-electron chi connectivity index (χ4n) is 1.57. The van der Waals surface area contributed by atoms with E-state index in [2.05, 4.69) is 10.3 Å². The van der Waals surface area contributed by atoms with E-state index in [1.54, 1.807) is 12.3 Å². The largest absolute Gasteiger partial charge is 0.395 e. The van der Waals surface area contributed by atoms with Gasteiger partial charge in [0.15, 0.2) is 0 Å². The average molecular weight is 252 g/mol. The number of likely N-dealkylation sites (N-methyl/N-ethyl adjacent to an activating group) is 1. The van der Waals surface area contributed by atoms with Crippen LogP contribution in [0.2, 0.25) is 0 Å². The fraction of sp³-hybridized carbons (Fsp3) is 0.500. The standard InChI is InChI=1S/C12H20N4O2/c1-2-16(7-8-17)10-3-4-11(14-9-10)15-12(18)5-6-13/h3-4,9,17H,2,5-8,13H2,1H3,(H,14,15,18). The molecule has 0 spiro atoms. The van der Waals surface area contributed by atoms with Crippen LogP contribution in [-0.4, -0.2) is 42.2 Å². The highest BCUT2D eigenvalue weighted by Gasteiger charge is 2.05. The van der Waals surface area contributed by atoms with Gasteiger partial charge in [0.2, 0.25) is 5.91 Å². The molecule has 1 heterocycles. The van der Waals surface area contributed by atoms with Crippen molar-refractivity contribution < 1.29 is 9.90 Å². The van der Waals surface area contributed by atoms with Crippen molar-refractivity contribution in [2.24, 2.45) is 5.73 Å². The number of hydrogen-bond acceptors (Lipinski definition) is 5. The molecule has 0 atom stereocenters. The molecule has 0 aromatic carbocycles. The summed E-state index contributed by atoms with van der Waals surface area (Å²) in [6.45, 7) is 3.79. The van der Waals surface area contributed by atoms with Crippen LogP contribution in [0.3, 0.4) is 0 Å². The first-order valence-corrected chi connectivity index (χ1v) is 6.03. The van der Waals surface area contributed by atoms with Crippen LogP contribution in [0.4, 0.5) is 11.5 Å². The topological polar surface area (TPSA) is 91.5 Å². The number of anilines is 2. The molecule has 0 aliphatic carbocycles. The van der Waals surface area contributed by atoms with Gasteiger partial charge in [0.1, 0.15) is 5.82 Å². The van der Waals surface area contributed by atoms with Gasteiger partial charge >= 0.3 is 0 Å². The Morgan fingerprint density at radius 2 is 2.33 bits per heavy atom. The number of pyridine rings is 1. The Morgan fingerprint density at radius 3 is 2.83 bits per heavy atom. The Hall–Kier alpha value is -1.66. The van der Waals surface area contributed by atoms with E-state index in [9.17, 15) is 4.79 Å². The molecule has 1 aromatic rings. The van der Waals surface area contributed by atoms with Crippen molar-refractivity contribution in [1.29, 1.82) is 0 Å². The highest BCUT2D eigenvalue weighted by molar-refractivity contribution is 5.89. The van der Waals surface area contributed by atoms with Gasteiger partial charge in [-0.2, -0.15) is 0 Å². The zero-order valence-electron chi connectivity index (χ0n) is 10.6. The third-order valence-electron chi connectivity index (χ3n) is 2.50. The lowest BCUT2D eigenvalue weighted by atomic mass is 10.3. The van der Waals surface area contributed by atoms with Gasteiger partial charge in [0.25, 0.3) is 0 Å². The molecule has 0 saturated carbocycles. The van der Waals surface area contributed by atoms with Crippen LogP contribution in [0.5, 0.6) is 0 Å². The molecule has 1 rings (SSSR count). The quantitative estimate of drug-likeness (QED) is 0.644. The van der Waals surface area contributed by atoms with Crippen molar-refractivity contribution in [3.8, 4) is 0 Å². The minimum absolute atomic E-state index is 0.100. The van der Waals surface area contributed by atoms with Gasteiger partial charge in [-0.15, -0.1) is 0 Å². The van der Waals surface area contributed by atoms with Crippen LogP contribution >= 0.6 is 0 Å². The summed E-state index contributed by atoms with van der Waals surface area (Å²) in [6.07, 6.45) is 1.96. The molecule has 6 nitrogen and oxygen atoms in total. The fourth-order valence-corrected chi connectivity index (χ4v) is 1.57. The zero-order chi connectivity index (χ0) is 13.4. The molecule has 1 amide bonds. The molecule has 0 fully saturated rings. The van der Waals surface area contributed by atoms with Gasteiger partial charge in [-0.25, -0.2) is 4.98 Å². The van der Waals surface area contributed by atoms with E-state index in [-0.39, 0.29) is 18.9 Å². The summed E-state index contributed by atoms with van der Waals surface area (Å²) in [7, 11) is 0. The summed E-state index contributed by atoms with van der Waals surface area (Å²) in [5.74, 6) is 0.373. The first kappa shape index (κ1) is 14.4. The van der Waals surface area contributed by atoms with E-state index in [1.165, 1.54) is 0 Å². The summed E-state index contributed by atoms with van der Waals surface area (Å²) < 4.78 is 0. The lowest BCUT2D eigenvalue weighted by Crippen LogP contribution is -2.26. The molecule has 1 aromatic heterocycles. The molecule has 6 heteroatoms. The Morgan fingerprint density at radius 1 is 1.56 bits per heavy atom. The minimum atomic E-state index is -0.138. The number of amides is 1. The molecule has 4 N–H and O–H groups in total. The van der Waals surface area contributed by atoms with Crippen LogP contribution < -0.4 is 16.0 Å². The number of aliphatic hydroxyl groups is 1. The summed E-state index contributed by atoms with van der Waals surface area (Å²) in [5, 5.41) is 11.6. The van der Waals surface area contributed by atoms with E-state index in [1.807, 2.05) is 17.9 Å². The van der Waals surface area contributed by atoms with Crippen molar-refractivity contribution in [3.63, 3.8) is 0 Å². The number of nitrogens with two attached hydrogens (primary N) is 1. The van der Waals surface area contributed by atoms with E-state index in [4.69, 9.17) is 10.8 Å². The number of aliphatic hydroxyl groups excluding tert-OH is 1. The summed E-state index contributed by atoms with van der Waals surface area (Å²) in [6, 6.07) is 3.61. The lowest BCUT2D eigenvalue weighted by molar-refractivity contribution is -0.116. The smallest absolute Gasteiger partial charge is 0.226 e. The van der Waals surface area contributed by atoms with Crippen LogP contribution in [0, 0.1) is 0 Å². The molecule has 100 valence electrons.